The average molecular weight is 364 g/mol. The van der Waals surface area contributed by atoms with Crippen molar-refractivity contribution in [2.24, 2.45) is 10.7 Å². The third-order valence-corrected chi connectivity index (χ3v) is 5.50. The zero-order valence-corrected chi connectivity index (χ0v) is 15.4. The predicted molar refractivity (Wildman–Crippen MR) is 102 cm³/mol. The van der Waals surface area contributed by atoms with Gasteiger partial charge in [0.1, 0.15) is 0 Å². The Morgan fingerprint density at radius 1 is 1.25 bits per heavy atom. The van der Waals surface area contributed by atoms with E-state index < -0.39 is 0 Å². The van der Waals surface area contributed by atoms with Gasteiger partial charge in [-0.1, -0.05) is 11.6 Å². The summed E-state index contributed by atoms with van der Waals surface area (Å²) in [6, 6.07) is 7.99. The third-order valence-electron chi connectivity index (χ3n) is 4.25. The molecule has 1 aliphatic rings. The second-order valence-corrected chi connectivity index (χ2v) is 7.18. The highest BCUT2D eigenvalue weighted by Crippen LogP contribution is 2.19. The topological polar surface area (TPSA) is 57.8 Å². The van der Waals surface area contributed by atoms with Crippen molar-refractivity contribution in [3.05, 3.63) is 45.4 Å². The molecule has 1 saturated heterocycles. The minimum Gasteiger partial charge on any atom is -0.370 e. The zero-order chi connectivity index (χ0) is 16.9. The Labute approximate surface area is 151 Å². The van der Waals surface area contributed by atoms with Gasteiger partial charge < -0.3 is 15.5 Å². The standard InChI is InChI=1S/C17H22ClN5S/c1-13-16(24-12-21-13)6-7-20-17(19)23-10-8-22(9-11-23)15-4-2-14(18)3-5-15/h2-5,12H,6-11H2,1H3,(H2,19,20). The number of aromatic nitrogens is 1. The first kappa shape index (κ1) is 17.0. The van der Waals surface area contributed by atoms with Gasteiger partial charge in [0.25, 0.3) is 0 Å². The molecule has 0 amide bonds. The fourth-order valence-electron chi connectivity index (χ4n) is 2.78. The second-order valence-electron chi connectivity index (χ2n) is 5.80. The summed E-state index contributed by atoms with van der Waals surface area (Å²) in [4.78, 5) is 14.6. The molecule has 0 aliphatic carbocycles. The molecule has 0 spiro atoms. The molecule has 1 aromatic carbocycles. The minimum absolute atomic E-state index is 0.646. The van der Waals surface area contributed by atoms with Crippen LogP contribution in [0.1, 0.15) is 10.6 Å². The predicted octanol–water partition coefficient (Wildman–Crippen LogP) is 2.78. The number of piperazine rings is 1. The van der Waals surface area contributed by atoms with Crippen LogP contribution in [-0.2, 0) is 6.42 Å². The van der Waals surface area contributed by atoms with Crippen LogP contribution in [0.4, 0.5) is 5.69 Å². The number of benzene rings is 1. The van der Waals surface area contributed by atoms with Crippen LogP contribution >= 0.6 is 22.9 Å². The summed E-state index contributed by atoms with van der Waals surface area (Å²) in [6.07, 6.45) is 0.905. The van der Waals surface area contributed by atoms with Crippen LogP contribution in [0, 0.1) is 6.92 Å². The van der Waals surface area contributed by atoms with E-state index in [0.29, 0.717) is 12.5 Å². The monoisotopic (exact) mass is 363 g/mol. The van der Waals surface area contributed by atoms with Gasteiger partial charge in [0.05, 0.1) is 11.2 Å². The largest absolute Gasteiger partial charge is 0.370 e. The first-order valence-corrected chi connectivity index (χ1v) is 9.33. The Hall–Kier alpha value is -1.79. The molecule has 0 unspecified atom stereocenters. The Kier molecular flexibility index (Phi) is 5.58. The quantitative estimate of drug-likeness (QED) is 0.670. The molecule has 0 saturated carbocycles. The number of hydrogen-bond acceptors (Lipinski definition) is 4. The molecule has 1 fully saturated rings. The molecule has 2 N–H and O–H groups in total. The molecular formula is C17H22ClN5S. The number of rotatable bonds is 4. The van der Waals surface area contributed by atoms with Crippen LogP contribution in [0.3, 0.4) is 0 Å². The highest BCUT2D eigenvalue weighted by molar-refractivity contribution is 7.09. The normalized spacial score (nSPS) is 15.8. The van der Waals surface area contributed by atoms with Crippen molar-refractivity contribution < 1.29 is 0 Å². The lowest BCUT2D eigenvalue weighted by Crippen LogP contribution is -2.51. The summed E-state index contributed by atoms with van der Waals surface area (Å²) in [6.45, 7) is 6.40. The van der Waals surface area contributed by atoms with Crippen molar-refractivity contribution in [3.8, 4) is 0 Å². The van der Waals surface area contributed by atoms with E-state index in [1.807, 2.05) is 24.6 Å². The number of nitrogens with zero attached hydrogens (tertiary/aromatic N) is 4. The number of halogens is 1. The number of aliphatic imine (C=N–C) groups is 1. The van der Waals surface area contributed by atoms with Crippen LogP contribution in [-0.4, -0.2) is 48.6 Å². The van der Waals surface area contributed by atoms with Gasteiger partial charge in [0, 0.05) is 54.7 Å². The van der Waals surface area contributed by atoms with E-state index in [2.05, 4.69) is 31.9 Å². The number of guanidine groups is 1. The van der Waals surface area contributed by atoms with Gasteiger partial charge in [-0.25, -0.2) is 4.98 Å². The van der Waals surface area contributed by atoms with Crippen LogP contribution in [0.15, 0.2) is 34.8 Å². The van der Waals surface area contributed by atoms with E-state index >= 15 is 0 Å². The van der Waals surface area contributed by atoms with E-state index in [1.54, 1.807) is 11.3 Å². The maximum atomic E-state index is 6.16. The van der Waals surface area contributed by atoms with Gasteiger partial charge in [-0.05, 0) is 31.2 Å². The summed E-state index contributed by atoms with van der Waals surface area (Å²) in [5, 5.41) is 0.768. The Bertz CT molecular complexity index is 689. The minimum atomic E-state index is 0.646. The van der Waals surface area contributed by atoms with Crippen molar-refractivity contribution in [2.75, 3.05) is 37.6 Å². The van der Waals surface area contributed by atoms with E-state index in [0.717, 1.165) is 43.3 Å². The Morgan fingerprint density at radius 2 is 1.96 bits per heavy atom. The van der Waals surface area contributed by atoms with Crippen molar-refractivity contribution in [1.82, 2.24) is 9.88 Å². The van der Waals surface area contributed by atoms with E-state index in [4.69, 9.17) is 17.3 Å². The lowest BCUT2D eigenvalue weighted by Gasteiger charge is -2.36. The molecule has 0 bridgehead atoms. The summed E-state index contributed by atoms with van der Waals surface area (Å²) in [5.74, 6) is 0.646. The van der Waals surface area contributed by atoms with Crippen molar-refractivity contribution in [2.45, 2.75) is 13.3 Å². The summed E-state index contributed by atoms with van der Waals surface area (Å²) >= 11 is 7.63. The summed E-state index contributed by atoms with van der Waals surface area (Å²) in [5.41, 5.74) is 10.3. The Balaban J connectivity index is 1.49. The lowest BCUT2D eigenvalue weighted by atomic mass is 10.2. The van der Waals surface area contributed by atoms with Crippen molar-refractivity contribution >= 4 is 34.6 Å². The molecule has 5 nitrogen and oxygen atoms in total. The number of aryl methyl sites for hydroxylation is 1. The fourth-order valence-corrected chi connectivity index (χ4v) is 3.68. The number of hydrogen-bond donors (Lipinski definition) is 1. The summed E-state index contributed by atoms with van der Waals surface area (Å²) in [7, 11) is 0. The first-order valence-electron chi connectivity index (χ1n) is 8.08. The smallest absolute Gasteiger partial charge is 0.191 e. The van der Waals surface area contributed by atoms with Crippen molar-refractivity contribution in [1.29, 1.82) is 0 Å². The highest BCUT2D eigenvalue weighted by atomic mass is 35.5. The van der Waals surface area contributed by atoms with E-state index in [-0.39, 0.29) is 0 Å². The first-order chi connectivity index (χ1) is 11.6. The van der Waals surface area contributed by atoms with Crippen molar-refractivity contribution in [3.63, 3.8) is 0 Å². The van der Waals surface area contributed by atoms with Gasteiger partial charge >= 0.3 is 0 Å². The molecule has 1 aromatic heterocycles. The van der Waals surface area contributed by atoms with Crippen LogP contribution in [0.2, 0.25) is 5.02 Å². The molecule has 128 valence electrons. The average Bonchev–Trinajstić information content (AvgIpc) is 3.01. The lowest BCUT2D eigenvalue weighted by molar-refractivity contribution is 0.381. The van der Waals surface area contributed by atoms with Gasteiger partial charge in [0.2, 0.25) is 0 Å². The van der Waals surface area contributed by atoms with E-state index in [1.165, 1.54) is 10.6 Å². The molecule has 2 heterocycles. The molecule has 3 rings (SSSR count). The summed E-state index contributed by atoms with van der Waals surface area (Å²) < 4.78 is 0. The maximum Gasteiger partial charge on any atom is 0.191 e. The SMILES string of the molecule is Cc1ncsc1CCN=C(N)N1CCN(c2ccc(Cl)cc2)CC1. The molecule has 1 aliphatic heterocycles. The number of nitrogens with two attached hydrogens (primary N) is 1. The van der Waals surface area contributed by atoms with Gasteiger partial charge in [-0.15, -0.1) is 11.3 Å². The second kappa shape index (κ2) is 7.85. The van der Waals surface area contributed by atoms with Crippen LogP contribution in [0.5, 0.6) is 0 Å². The Morgan fingerprint density at radius 3 is 2.58 bits per heavy atom. The third kappa shape index (κ3) is 4.19. The highest BCUT2D eigenvalue weighted by Gasteiger charge is 2.18. The molecular weight excluding hydrogens is 342 g/mol. The number of anilines is 1. The fraction of sp³-hybridized carbons (Fsp3) is 0.412. The van der Waals surface area contributed by atoms with Gasteiger partial charge in [0.15, 0.2) is 5.96 Å². The molecule has 2 aromatic rings. The molecule has 0 atom stereocenters. The molecule has 24 heavy (non-hydrogen) atoms. The van der Waals surface area contributed by atoms with Gasteiger partial charge in [-0.2, -0.15) is 0 Å². The van der Waals surface area contributed by atoms with Crippen LogP contribution < -0.4 is 10.6 Å². The molecule has 0 radical (unpaired) electrons. The number of thiazole rings is 1. The zero-order valence-electron chi connectivity index (χ0n) is 13.8. The van der Waals surface area contributed by atoms with Crippen LogP contribution in [0.25, 0.3) is 0 Å². The molecule has 7 heteroatoms. The van der Waals surface area contributed by atoms with Gasteiger partial charge in [-0.3, -0.25) is 4.99 Å². The van der Waals surface area contributed by atoms with E-state index in [9.17, 15) is 0 Å². The maximum absolute atomic E-state index is 6.16.